The summed E-state index contributed by atoms with van der Waals surface area (Å²) in [5.74, 6) is -4.29. The van der Waals surface area contributed by atoms with Gasteiger partial charge >= 0.3 is 0 Å². The highest BCUT2D eigenvalue weighted by molar-refractivity contribution is 6.53. The van der Waals surface area contributed by atoms with E-state index in [1.807, 2.05) is 0 Å². The van der Waals surface area contributed by atoms with Crippen LogP contribution >= 0.6 is 58.0 Å². The average molecular weight is 591 g/mol. The van der Waals surface area contributed by atoms with Gasteiger partial charge in [-0.25, -0.2) is 8.78 Å². The second-order valence-electron chi connectivity index (χ2n) is 8.07. The first kappa shape index (κ1) is 26.7. The third kappa shape index (κ3) is 5.48. The Morgan fingerprint density at radius 1 is 0.917 bits per heavy atom. The molecule has 0 radical (unpaired) electrons. The summed E-state index contributed by atoms with van der Waals surface area (Å²) in [6.45, 7) is 3.10. The van der Waals surface area contributed by atoms with Crippen molar-refractivity contribution in [3.05, 3.63) is 98.8 Å². The van der Waals surface area contributed by atoms with Crippen molar-refractivity contribution in [3.63, 3.8) is 0 Å². The lowest BCUT2D eigenvalue weighted by Crippen LogP contribution is -2.18. The van der Waals surface area contributed by atoms with Crippen LogP contribution in [0.25, 0.3) is 5.83 Å². The molecule has 0 aliphatic heterocycles. The molecule has 2 N–H and O–H groups in total. The maximum Gasteiger partial charge on any atom is 0.257 e. The third-order valence-electron chi connectivity index (χ3n) is 5.59. The lowest BCUT2D eigenvalue weighted by molar-refractivity contribution is -0.117. The molecule has 186 valence electrons. The molecule has 1 aliphatic carbocycles. The van der Waals surface area contributed by atoms with Gasteiger partial charge < -0.3 is 10.6 Å². The zero-order valence-corrected chi connectivity index (χ0v) is 21.8. The molecule has 4 rings (SSSR count). The van der Waals surface area contributed by atoms with Crippen molar-refractivity contribution < 1.29 is 18.4 Å². The number of nitrogens with one attached hydrogen (secondary N) is 2. The maximum absolute atomic E-state index is 14.3. The minimum atomic E-state index is -1.39. The van der Waals surface area contributed by atoms with Crippen molar-refractivity contribution in [2.75, 3.05) is 10.6 Å². The van der Waals surface area contributed by atoms with Crippen LogP contribution in [0.2, 0.25) is 15.1 Å². The molecule has 1 saturated carbocycles. The Morgan fingerprint density at radius 3 is 2.19 bits per heavy atom. The summed E-state index contributed by atoms with van der Waals surface area (Å²) in [5, 5.41) is 5.85. The summed E-state index contributed by atoms with van der Waals surface area (Å²) < 4.78 is 26.1. The lowest BCUT2D eigenvalue weighted by Gasteiger charge is -2.11. The number of carbonyl (C=O) groups excluding carboxylic acids is 2. The highest BCUT2D eigenvalue weighted by atomic mass is 35.5. The molecule has 3 aromatic carbocycles. The third-order valence-corrected chi connectivity index (χ3v) is 7.30. The van der Waals surface area contributed by atoms with Crippen LogP contribution in [-0.2, 0) is 4.79 Å². The van der Waals surface area contributed by atoms with Crippen molar-refractivity contribution in [1.29, 1.82) is 0 Å². The van der Waals surface area contributed by atoms with Crippen molar-refractivity contribution in [3.8, 4) is 0 Å². The van der Waals surface area contributed by atoms with Gasteiger partial charge in [0, 0.05) is 27.2 Å². The molecule has 1 fully saturated rings. The number of anilines is 2. The van der Waals surface area contributed by atoms with E-state index in [4.69, 9.17) is 58.0 Å². The average Bonchev–Trinajstić information content (AvgIpc) is 3.37. The van der Waals surface area contributed by atoms with Crippen LogP contribution in [0, 0.1) is 11.7 Å². The predicted octanol–water partition coefficient (Wildman–Crippen LogP) is 8.50. The van der Waals surface area contributed by atoms with Crippen LogP contribution < -0.4 is 10.6 Å². The van der Waals surface area contributed by atoms with Gasteiger partial charge in [-0.05, 0) is 60.2 Å². The van der Waals surface area contributed by atoms with E-state index in [0.717, 1.165) is 6.07 Å². The molecule has 0 unspecified atom stereocenters. The largest absolute Gasteiger partial charge is 0.326 e. The van der Waals surface area contributed by atoms with Crippen LogP contribution in [0.4, 0.5) is 20.2 Å². The normalized spacial score (nSPS) is 17.9. The predicted molar refractivity (Wildman–Crippen MR) is 142 cm³/mol. The van der Waals surface area contributed by atoms with E-state index in [0.29, 0.717) is 15.6 Å². The molecule has 1 aliphatic rings. The van der Waals surface area contributed by atoms with Crippen LogP contribution in [-0.4, -0.2) is 16.1 Å². The van der Waals surface area contributed by atoms with Crippen molar-refractivity contribution in [1.82, 2.24) is 0 Å². The Hall–Kier alpha value is -2.35. The van der Waals surface area contributed by atoms with E-state index < -0.39 is 39.6 Å². The van der Waals surface area contributed by atoms with Crippen LogP contribution in [0.5, 0.6) is 0 Å². The molecule has 0 saturated heterocycles. The number of rotatable bonds is 6. The highest BCUT2D eigenvalue weighted by Gasteiger charge is 2.67. The number of carbonyl (C=O) groups is 2. The SMILES string of the molecule is C=C(F)c1ccc(NC(=O)c2cc(NC(=O)[C@H]3[C@H](c4cc(Cl)cc(Cl)c4)C3(Cl)Cl)ccc2Cl)c(F)c1. The molecule has 3 aromatic rings. The Bertz CT molecular complexity index is 1390. The van der Waals surface area contributed by atoms with E-state index in [1.165, 1.54) is 30.3 Å². The number of hydrogen-bond donors (Lipinski definition) is 2. The summed E-state index contributed by atoms with van der Waals surface area (Å²) in [6.07, 6.45) is 0. The first-order valence-corrected chi connectivity index (χ1v) is 12.2. The minimum Gasteiger partial charge on any atom is -0.326 e. The van der Waals surface area contributed by atoms with Gasteiger partial charge in [-0.15, -0.1) is 23.2 Å². The van der Waals surface area contributed by atoms with Gasteiger partial charge in [0.25, 0.3) is 5.91 Å². The second kappa shape index (κ2) is 10.2. The summed E-state index contributed by atoms with van der Waals surface area (Å²) in [6, 6.07) is 12.4. The van der Waals surface area contributed by atoms with E-state index >= 15 is 0 Å². The topological polar surface area (TPSA) is 58.2 Å². The number of hydrogen-bond acceptors (Lipinski definition) is 2. The number of amides is 2. The van der Waals surface area contributed by atoms with Gasteiger partial charge in [-0.1, -0.05) is 41.4 Å². The number of alkyl halides is 2. The van der Waals surface area contributed by atoms with Gasteiger partial charge in [-0.2, -0.15) is 0 Å². The fraction of sp³-hybridized carbons (Fsp3) is 0.120. The lowest BCUT2D eigenvalue weighted by atomic mass is 10.1. The first-order valence-electron chi connectivity index (χ1n) is 10.3. The molecule has 36 heavy (non-hydrogen) atoms. The van der Waals surface area contributed by atoms with Crippen molar-refractivity contribution in [2.24, 2.45) is 5.92 Å². The Kier molecular flexibility index (Phi) is 7.56. The standard InChI is InChI=1S/C25H15Cl5F2N2O2/c1-11(31)12-2-5-20(19(32)8-12)34-23(35)17-10-16(3-4-18(17)28)33-24(36)22-21(25(22,29)30)13-6-14(26)9-15(27)7-13/h2-10,21-22H,1H2,(H,33,36)(H,34,35)/t21-,22+/m0/s1. The highest BCUT2D eigenvalue weighted by Crippen LogP contribution is 2.65. The van der Waals surface area contributed by atoms with Crippen LogP contribution in [0.3, 0.4) is 0 Å². The molecule has 2 amide bonds. The first-order chi connectivity index (χ1) is 16.9. The Balaban J connectivity index is 1.51. The van der Waals surface area contributed by atoms with E-state index in [-0.39, 0.29) is 27.5 Å². The smallest absolute Gasteiger partial charge is 0.257 e. The second-order valence-corrected chi connectivity index (χ2v) is 10.8. The van der Waals surface area contributed by atoms with Crippen molar-refractivity contribution >= 4 is 87.0 Å². The molecule has 11 heteroatoms. The quantitative estimate of drug-likeness (QED) is 0.283. The Morgan fingerprint density at radius 2 is 1.58 bits per heavy atom. The molecule has 2 atom stereocenters. The van der Waals surface area contributed by atoms with E-state index in [2.05, 4.69) is 17.2 Å². The van der Waals surface area contributed by atoms with Crippen molar-refractivity contribution in [2.45, 2.75) is 10.3 Å². The number of halogens is 7. The summed E-state index contributed by atoms with van der Waals surface area (Å²) >= 11 is 31.0. The van der Waals surface area contributed by atoms with Gasteiger partial charge in [0.2, 0.25) is 5.91 Å². The van der Waals surface area contributed by atoms with E-state index in [9.17, 15) is 18.4 Å². The summed E-state index contributed by atoms with van der Waals surface area (Å²) in [4.78, 5) is 25.7. The molecule has 0 spiro atoms. The molecular formula is C25H15Cl5F2N2O2. The number of benzene rings is 3. The molecule has 4 nitrogen and oxygen atoms in total. The minimum absolute atomic E-state index is 0.0372. The van der Waals surface area contributed by atoms with Gasteiger partial charge in [0.1, 0.15) is 16.0 Å². The zero-order chi connectivity index (χ0) is 26.4. The molecule has 0 heterocycles. The Labute approximate surface area is 230 Å². The van der Waals surface area contributed by atoms with Gasteiger partial charge in [-0.3, -0.25) is 9.59 Å². The van der Waals surface area contributed by atoms with Crippen LogP contribution in [0.1, 0.15) is 27.4 Å². The maximum atomic E-state index is 14.3. The molecular weight excluding hydrogens is 576 g/mol. The zero-order valence-electron chi connectivity index (χ0n) is 18.0. The monoisotopic (exact) mass is 588 g/mol. The fourth-order valence-electron chi connectivity index (χ4n) is 3.79. The van der Waals surface area contributed by atoms with Gasteiger partial charge in [0.15, 0.2) is 0 Å². The van der Waals surface area contributed by atoms with E-state index in [1.54, 1.807) is 18.2 Å². The fourth-order valence-corrected chi connectivity index (χ4v) is 5.37. The van der Waals surface area contributed by atoms with Gasteiger partial charge in [0.05, 0.1) is 22.2 Å². The molecule has 0 bridgehead atoms. The van der Waals surface area contributed by atoms with Crippen LogP contribution in [0.15, 0.2) is 61.2 Å². The molecule has 0 aromatic heterocycles. The summed E-state index contributed by atoms with van der Waals surface area (Å²) in [5.41, 5.74) is 0.563. The summed E-state index contributed by atoms with van der Waals surface area (Å²) in [7, 11) is 0.